The van der Waals surface area contributed by atoms with Crippen LogP contribution in [-0.4, -0.2) is 17.0 Å². The molecule has 0 bridgehead atoms. The van der Waals surface area contributed by atoms with Crippen LogP contribution < -0.4 is 5.73 Å². The predicted molar refractivity (Wildman–Crippen MR) is 72.1 cm³/mol. The SMILES string of the molecule is Cc1ccc(C(N)=O)c(-c2ccccc2C(=O)O)c1. The van der Waals surface area contributed by atoms with Gasteiger partial charge >= 0.3 is 5.97 Å². The molecule has 0 aromatic heterocycles. The molecule has 0 aliphatic heterocycles. The van der Waals surface area contributed by atoms with Gasteiger partial charge in [0.15, 0.2) is 0 Å². The number of benzene rings is 2. The first-order chi connectivity index (χ1) is 9.00. The zero-order chi connectivity index (χ0) is 14.0. The quantitative estimate of drug-likeness (QED) is 0.884. The Kier molecular flexibility index (Phi) is 3.33. The Hall–Kier alpha value is -2.62. The molecular formula is C15H13NO3. The van der Waals surface area contributed by atoms with Gasteiger partial charge in [-0.15, -0.1) is 0 Å². The normalized spacial score (nSPS) is 10.2. The Bertz CT molecular complexity index is 662. The van der Waals surface area contributed by atoms with Crippen LogP contribution in [0.1, 0.15) is 26.3 Å². The summed E-state index contributed by atoms with van der Waals surface area (Å²) in [5.74, 6) is -1.61. The van der Waals surface area contributed by atoms with E-state index in [1.165, 1.54) is 6.07 Å². The summed E-state index contributed by atoms with van der Waals surface area (Å²) in [5.41, 5.74) is 7.78. The van der Waals surface area contributed by atoms with E-state index in [9.17, 15) is 14.7 Å². The number of amides is 1. The summed E-state index contributed by atoms with van der Waals surface area (Å²) in [4.78, 5) is 22.7. The van der Waals surface area contributed by atoms with Gasteiger partial charge < -0.3 is 10.8 Å². The second-order valence-electron chi connectivity index (χ2n) is 4.26. The van der Waals surface area contributed by atoms with E-state index in [1.54, 1.807) is 36.4 Å². The Morgan fingerprint density at radius 3 is 2.32 bits per heavy atom. The molecule has 0 aliphatic carbocycles. The maximum absolute atomic E-state index is 11.5. The molecule has 1 amide bonds. The lowest BCUT2D eigenvalue weighted by molar-refractivity contribution is 0.0697. The van der Waals surface area contributed by atoms with Crippen molar-refractivity contribution in [1.29, 1.82) is 0 Å². The maximum Gasteiger partial charge on any atom is 0.336 e. The molecule has 0 atom stereocenters. The minimum atomic E-state index is -1.03. The molecule has 3 N–H and O–H groups in total. The smallest absolute Gasteiger partial charge is 0.336 e. The number of aryl methyl sites for hydroxylation is 1. The van der Waals surface area contributed by atoms with Crippen LogP contribution in [0.5, 0.6) is 0 Å². The fourth-order valence-electron chi connectivity index (χ4n) is 2.00. The molecule has 2 aromatic carbocycles. The van der Waals surface area contributed by atoms with Gasteiger partial charge in [-0.05, 0) is 30.2 Å². The van der Waals surface area contributed by atoms with Crippen LogP contribution in [0, 0.1) is 6.92 Å². The number of nitrogens with two attached hydrogens (primary N) is 1. The zero-order valence-corrected chi connectivity index (χ0v) is 10.4. The number of rotatable bonds is 3. The first-order valence-corrected chi connectivity index (χ1v) is 5.74. The summed E-state index contributed by atoms with van der Waals surface area (Å²) in [7, 11) is 0. The molecular weight excluding hydrogens is 242 g/mol. The fraction of sp³-hybridized carbons (Fsp3) is 0.0667. The summed E-state index contributed by atoms with van der Waals surface area (Å²) in [5, 5.41) is 9.21. The van der Waals surface area contributed by atoms with Crippen molar-refractivity contribution >= 4 is 11.9 Å². The number of carboxylic acid groups (broad SMARTS) is 1. The lowest BCUT2D eigenvalue weighted by atomic mass is 9.93. The monoisotopic (exact) mass is 255 g/mol. The third-order valence-corrected chi connectivity index (χ3v) is 2.89. The van der Waals surface area contributed by atoms with E-state index in [2.05, 4.69) is 0 Å². The summed E-state index contributed by atoms with van der Waals surface area (Å²) in [6.07, 6.45) is 0. The standard InChI is InChI=1S/C15H13NO3/c1-9-6-7-11(14(16)17)13(8-9)10-4-2-3-5-12(10)15(18)19/h2-8H,1H3,(H2,16,17)(H,18,19). The van der Waals surface area contributed by atoms with E-state index >= 15 is 0 Å². The van der Waals surface area contributed by atoms with Crippen molar-refractivity contribution < 1.29 is 14.7 Å². The summed E-state index contributed by atoms with van der Waals surface area (Å²) in [6.45, 7) is 1.87. The Labute approximate surface area is 110 Å². The number of hydrogen-bond acceptors (Lipinski definition) is 2. The summed E-state index contributed by atoms with van der Waals surface area (Å²) in [6, 6.07) is 11.7. The molecule has 2 rings (SSSR count). The third kappa shape index (κ3) is 2.47. The van der Waals surface area contributed by atoms with Crippen molar-refractivity contribution in [3.63, 3.8) is 0 Å². The first kappa shape index (κ1) is 12.8. The third-order valence-electron chi connectivity index (χ3n) is 2.89. The molecule has 4 heteroatoms. The average molecular weight is 255 g/mol. The van der Waals surface area contributed by atoms with Gasteiger partial charge in [-0.2, -0.15) is 0 Å². The molecule has 0 fully saturated rings. The zero-order valence-electron chi connectivity index (χ0n) is 10.4. The van der Waals surface area contributed by atoms with Crippen molar-refractivity contribution in [2.75, 3.05) is 0 Å². The number of primary amides is 1. The number of hydrogen-bond donors (Lipinski definition) is 2. The number of carbonyl (C=O) groups is 2. The van der Waals surface area contributed by atoms with E-state index in [0.717, 1.165) is 5.56 Å². The lowest BCUT2D eigenvalue weighted by Crippen LogP contribution is -2.13. The van der Waals surface area contributed by atoms with Crippen LogP contribution >= 0.6 is 0 Å². The highest BCUT2D eigenvalue weighted by molar-refractivity contribution is 6.04. The number of aromatic carboxylic acids is 1. The van der Waals surface area contributed by atoms with E-state index in [1.807, 2.05) is 6.92 Å². The lowest BCUT2D eigenvalue weighted by Gasteiger charge is -2.11. The molecule has 0 aliphatic rings. The number of carboxylic acids is 1. The van der Waals surface area contributed by atoms with Gasteiger partial charge in [0.1, 0.15) is 0 Å². The highest BCUT2D eigenvalue weighted by Gasteiger charge is 2.16. The van der Waals surface area contributed by atoms with E-state index in [4.69, 9.17) is 5.73 Å². The van der Waals surface area contributed by atoms with Crippen LogP contribution in [0.15, 0.2) is 42.5 Å². The van der Waals surface area contributed by atoms with Gasteiger partial charge in [-0.1, -0.05) is 35.9 Å². The van der Waals surface area contributed by atoms with Crippen molar-refractivity contribution in [3.05, 3.63) is 59.2 Å². The van der Waals surface area contributed by atoms with Gasteiger partial charge in [0.25, 0.3) is 0 Å². The second kappa shape index (κ2) is 4.94. The molecule has 0 radical (unpaired) electrons. The molecule has 0 saturated carbocycles. The topological polar surface area (TPSA) is 80.4 Å². The molecule has 0 saturated heterocycles. The molecule has 0 unspecified atom stereocenters. The van der Waals surface area contributed by atoms with Crippen LogP contribution in [0.3, 0.4) is 0 Å². The van der Waals surface area contributed by atoms with E-state index in [-0.39, 0.29) is 5.56 Å². The molecule has 0 heterocycles. The minimum absolute atomic E-state index is 0.149. The predicted octanol–water partition coefficient (Wildman–Crippen LogP) is 2.46. The highest BCUT2D eigenvalue weighted by atomic mass is 16.4. The summed E-state index contributed by atoms with van der Waals surface area (Å²) >= 11 is 0. The molecule has 96 valence electrons. The number of carbonyl (C=O) groups excluding carboxylic acids is 1. The van der Waals surface area contributed by atoms with Crippen LogP contribution in [0.2, 0.25) is 0 Å². The average Bonchev–Trinajstić information content (AvgIpc) is 2.38. The second-order valence-corrected chi connectivity index (χ2v) is 4.26. The Balaban J connectivity index is 2.75. The molecule has 0 spiro atoms. The van der Waals surface area contributed by atoms with Gasteiger partial charge in [0.05, 0.1) is 5.56 Å². The fourth-order valence-corrected chi connectivity index (χ4v) is 2.00. The minimum Gasteiger partial charge on any atom is -0.478 e. The molecule has 4 nitrogen and oxygen atoms in total. The van der Waals surface area contributed by atoms with E-state index < -0.39 is 11.9 Å². The van der Waals surface area contributed by atoms with Gasteiger partial charge in [0.2, 0.25) is 5.91 Å². The van der Waals surface area contributed by atoms with E-state index in [0.29, 0.717) is 16.7 Å². The van der Waals surface area contributed by atoms with Gasteiger partial charge in [-0.3, -0.25) is 4.79 Å². The summed E-state index contributed by atoms with van der Waals surface area (Å²) < 4.78 is 0. The van der Waals surface area contributed by atoms with Crippen LogP contribution in [0.4, 0.5) is 0 Å². The van der Waals surface area contributed by atoms with Gasteiger partial charge in [-0.25, -0.2) is 4.79 Å². The van der Waals surface area contributed by atoms with Crippen molar-refractivity contribution in [1.82, 2.24) is 0 Å². The van der Waals surface area contributed by atoms with Crippen molar-refractivity contribution in [2.45, 2.75) is 6.92 Å². The van der Waals surface area contributed by atoms with Crippen LogP contribution in [-0.2, 0) is 0 Å². The van der Waals surface area contributed by atoms with Gasteiger partial charge in [0, 0.05) is 5.56 Å². The van der Waals surface area contributed by atoms with Crippen LogP contribution in [0.25, 0.3) is 11.1 Å². The Morgan fingerprint density at radius 2 is 1.68 bits per heavy atom. The molecule has 2 aromatic rings. The highest BCUT2D eigenvalue weighted by Crippen LogP contribution is 2.28. The Morgan fingerprint density at radius 1 is 1.00 bits per heavy atom. The largest absolute Gasteiger partial charge is 0.478 e. The first-order valence-electron chi connectivity index (χ1n) is 5.74. The van der Waals surface area contributed by atoms with Crippen molar-refractivity contribution in [3.8, 4) is 11.1 Å². The van der Waals surface area contributed by atoms with Crippen molar-refractivity contribution in [2.24, 2.45) is 5.73 Å². The molecule has 19 heavy (non-hydrogen) atoms. The maximum atomic E-state index is 11.5.